The molecule has 1 heterocycles. The van der Waals surface area contributed by atoms with Gasteiger partial charge in [0, 0.05) is 29.4 Å². The minimum atomic E-state index is -4.35. The Morgan fingerprint density at radius 3 is 2.36 bits per heavy atom. The fraction of sp³-hybridized carbons (Fsp3) is 0.316. The van der Waals surface area contributed by atoms with Crippen molar-refractivity contribution in [1.29, 1.82) is 0 Å². The summed E-state index contributed by atoms with van der Waals surface area (Å²) < 4.78 is 44.3. The molecule has 0 saturated carbocycles. The quantitative estimate of drug-likeness (QED) is 0.837. The minimum Gasteiger partial charge on any atom is -0.466 e. The van der Waals surface area contributed by atoms with Gasteiger partial charge in [0.05, 0.1) is 11.3 Å². The zero-order chi connectivity index (χ0) is 18.2. The third-order valence-corrected chi connectivity index (χ3v) is 3.84. The van der Waals surface area contributed by atoms with Crippen molar-refractivity contribution in [2.75, 3.05) is 11.9 Å². The van der Waals surface area contributed by atoms with Crippen LogP contribution in [0.1, 0.15) is 37.5 Å². The van der Waals surface area contributed by atoms with Crippen LogP contribution in [0.2, 0.25) is 0 Å². The van der Waals surface area contributed by atoms with Crippen LogP contribution in [0.4, 0.5) is 18.9 Å². The number of benzene rings is 2. The highest BCUT2D eigenvalue weighted by Crippen LogP contribution is 2.35. The molecule has 3 rings (SSSR count). The number of hydrogen-bond acceptors (Lipinski definition) is 3. The number of nitrogens with one attached hydrogen (secondary N) is 1. The number of fused-ring (bicyclic) bond motifs is 1. The molecule has 0 atom stereocenters. The van der Waals surface area contributed by atoms with Gasteiger partial charge in [-0.1, -0.05) is 12.1 Å². The van der Waals surface area contributed by atoms with E-state index in [0.717, 1.165) is 29.9 Å². The second-order valence-corrected chi connectivity index (χ2v) is 6.33. The topological polar surface area (TPSA) is 33.6 Å². The van der Waals surface area contributed by atoms with E-state index in [1.165, 1.54) is 12.1 Å². The van der Waals surface area contributed by atoms with Crippen LogP contribution in [0.25, 0.3) is 0 Å². The zero-order valence-corrected chi connectivity index (χ0v) is 14.2. The summed E-state index contributed by atoms with van der Waals surface area (Å²) in [6.45, 7) is 6.42. The van der Waals surface area contributed by atoms with E-state index < -0.39 is 17.5 Å². The Morgan fingerprint density at radius 2 is 1.76 bits per heavy atom. The summed E-state index contributed by atoms with van der Waals surface area (Å²) in [5, 5.41) is 3.22. The number of hydrogen-bond donors (Lipinski definition) is 1. The summed E-state index contributed by atoms with van der Waals surface area (Å²) in [4.78, 5) is 4.59. The van der Waals surface area contributed by atoms with Crippen molar-refractivity contribution in [1.82, 2.24) is 0 Å². The Balaban J connectivity index is 2.05. The molecule has 0 fully saturated rings. The number of ether oxygens (including phenoxy) is 1. The molecule has 2 aromatic rings. The molecular weight excluding hydrogens is 329 g/mol. The normalized spacial score (nSPS) is 15.8. The smallest absolute Gasteiger partial charge is 0.416 e. The molecule has 0 aliphatic carbocycles. The maximum absolute atomic E-state index is 12.8. The molecule has 25 heavy (non-hydrogen) atoms. The molecule has 0 aromatic heterocycles. The first-order chi connectivity index (χ1) is 11.7. The predicted octanol–water partition coefficient (Wildman–Crippen LogP) is 5.10. The lowest BCUT2D eigenvalue weighted by Crippen LogP contribution is -2.32. The second kappa shape index (κ2) is 6.10. The Hall–Kier alpha value is -2.50. The van der Waals surface area contributed by atoms with Crippen molar-refractivity contribution in [3.63, 3.8) is 0 Å². The summed E-state index contributed by atoms with van der Waals surface area (Å²) in [5.74, 6) is 0.661. The first kappa shape index (κ1) is 17.3. The summed E-state index contributed by atoms with van der Waals surface area (Å²) >= 11 is 0. The molecule has 0 bridgehead atoms. The van der Waals surface area contributed by atoms with E-state index in [1.807, 2.05) is 39.0 Å². The van der Waals surface area contributed by atoms with E-state index in [0.29, 0.717) is 17.0 Å². The van der Waals surface area contributed by atoms with Crippen LogP contribution in [0.5, 0.6) is 5.75 Å². The molecule has 132 valence electrons. The molecule has 1 N–H and O–H groups in total. The summed E-state index contributed by atoms with van der Waals surface area (Å²) in [6, 6.07) is 10.7. The highest BCUT2D eigenvalue weighted by atomic mass is 19.4. The summed E-state index contributed by atoms with van der Waals surface area (Å²) in [6.07, 6.45) is -4.35. The van der Waals surface area contributed by atoms with Crippen LogP contribution in [0.15, 0.2) is 47.5 Å². The molecule has 0 spiro atoms. The molecule has 0 unspecified atom stereocenters. The Labute approximate surface area is 144 Å². The maximum Gasteiger partial charge on any atom is 0.416 e. The number of alkyl halides is 3. The predicted molar refractivity (Wildman–Crippen MR) is 92.4 cm³/mol. The molecule has 1 aliphatic rings. The van der Waals surface area contributed by atoms with Gasteiger partial charge < -0.3 is 10.1 Å². The minimum absolute atomic E-state index is 0.627. The lowest BCUT2D eigenvalue weighted by Gasteiger charge is -2.30. The van der Waals surface area contributed by atoms with Crippen LogP contribution in [-0.2, 0) is 6.18 Å². The molecule has 1 aliphatic heterocycles. The Kier molecular flexibility index (Phi) is 4.22. The fourth-order valence-corrected chi connectivity index (χ4v) is 2.78. The van der Waals surface area contributed by atoms with Gasteiger partial charge in [0.25, 0.3) is 0 Å². The molecule has 0 saturated heterocycles. The van der Waals surface area contributed by atoms with E-state index in [9.17, 15) is 13.2 Å². The van der Waals surface area contributed by atoms with Gasteiger partial charge in [0.2, 0.25) is 0 Å². The zero-order valence-electron chi connectivity index (χ0n) is 14.2. The van der Waals surface area contributed by atoms with Crippen LogP contribution < -0.4 is 10.1 Å². The van der Waals surface area contributed by atoms with Crippen molar-refractivity contribution >= 4 is 11.4 Å². The van der Waals surface area contributed by atoms with Crippen molar-refractivity contribution in [2.45, 2.75) is 32.7 Å². The highest BCUT2D eigenvalue weighted by Gasteiger charge is 2.32. The van der Waals surface area contributed by atoms with E-state index >= 15 is 0 Å². The van der Waals surface area contributed by atoms with Crippen molar-refractivity contribution in [3.8, 4) is 5.75 Å². The molecular formula is C19H19F3N2O. The number of anilines is 1. The van der Waals surface area contributed by atoms with Gasteiger partial charge in [0.15, 0.2) is 5.72 Å². The van der Waals surface area contributed by atoms with Gasteiger partial charge in [-0.25, -0.2) is 4.99 Å². The first-order valence-electron chi connectivity index (χ1n) is 8.04. The average molecular weight is 348 g/mol. The third kappa shape index (κ3) is 3.62. The van der Waals surface area contributed by atoms with E-state index in [-0.39, 0.29) is 0 Å². The third-order valence-electron chi connectivity index (χ3n) is 3.84. The SMILES string of the molecule is CCNc1ccc2c(c1)OC(C)(C)N=C2c1ccc(C(F)(F)F)cc1. The van der Waals surface area contributed by atoms with Crippen LogP contribution in [-0.4, -0.2) is 18.0 Å². The Morgan fingerprint density at radius 1 is 1.08 bits per heavy atom. The molecule has 2 aromatic carbocycles. The van der Waals surface area contributed by atoms with Gasteiger partial charge in [-0.05, 0) is 45.0 Å². The molecule has 0 amide bonds. The largest absolute Gasteiger partial charge is 0.466 e. The summed E-state index contributed by atoms with van der Waals surface area (Å²) in [7, 11) is 0. The molecule has 3 nitrogen and oxygen atoms in total. The van der Waals surface area contributed by atoms with Gasteiger partial charge in [-0.2, -0.15) is 13.2 Å². The van der Waals surface area contributed by atoms with Gasteiger partial charge in [-0.3, -0.25) is 0 Å². The van der Waals surface area contributed by atoms with Crippen molar-refractivity contribution < 1.29 is 17.9 Å². The maximum atomic E-state index is 12.8. The number of nitrogens with zero attached hydrogens (tertiary/aromatic N) is 1. The highest BCUT2D eigenvalue weighted by molar-refractivity contribution is 6.15. The number of rotatable bonds is 3. The van der Waals surface area contributed by atoms with Gasteiger partial charge in [0.1, 0.15) is 5.75 Å². The first-order valence-corrected chi connectivity index (χ1v) is 8.04. The van der Waals surface area contributed by atoms with Gasteiger partial charge >= 0.3 is 6.18 Å². The van der Waals surface area contributed by atoms with Crippen LogP contribution >= 0.6 is 0 Å². The lowest BCUT2D eigenvalue weighted by atomic mass is 9.97. The number of halogens is 3. The molecule has 0 radical (unpaired) electrons. The molecule has 6 heteroatoms. The van der Waals surface area contributed by atoms with Crippen molar-refractivity contribution in [3.05, 3.63) is 59.2 Å². The van der Waals surface area contributed by atoms with Gasteiger partial charge in [-0.15, -0.1) is 0 Å². The van der Waals surface area contributed by atoms with Crippen LogP contribution in [0.3, 0.4) is 0 Å². The van der Waals surface area contributed by atoms with E-state index in [2.05, 4.69) is 10.3 Å². The fourth-order valence-electron chi connectivity index (χ4n) is 2.78. The standard InChI is InChI=1S/C19H19F3N2O/c1-4-23-14-9-10-15-16(11-14)25-18(2,3)24-17(15)12-5-7-13(8-6-12)19(20,21)22/h5-11,23H,4H2,1-3H3. The lowest BCUT2D eigenvalue weighted by molar-refractivity contribution is -0.137. The average Bonchev–Trinajstić information content (AvgIpc) is 2.52. The van der Waals surface area contributed by atoms with Crippen LogP contribution in [0, 0.1) is 0 Å². The van der Waals surface area contributed by atoms with E-state index in [4.69, 9.17) is 4.74 Å². The monoisotopic (exact) mass is 348 g/mol. The van der Waals surface area contributed by atoms with Crippen molar-refractivity contribution in [2.24, 2.45) is 4.99 Å². The summed E-state index contributed by atoms with van der Waals surface area (Å²) in [5.41, 5.74) is 1.47. The second-order valence-electron chi connectivity index (χ2n) is 6.33. The van der Waals surface area contributed by atoms with E-state index in [1.54, 1.807) is 0 Å². The Bertz CT molecular complexity index is 808. The number of aliphatic imine (C=N–C) groups is 1.